The highest BCUT2D eigenvalue weighted by atomic mass is 79.9. The number of hydrogen-bond donors (Lipinski definition) is 8. The zero-order valence-electron chi connectivity index (χ0n) is 19.1. The number of nitrogens with two attached hydrogens (primary N) is 2. The molecule has 0 fully saturated rings. The molecule has 0 spiro atoms. The first-order valence-electron chi connectivity index (χ1n) is 10.8. The molecule has 4 rings (SSSR count). The Morgan fingerprint density at radius 2 is 1.59 bits per heavy atom. The second kappa shape index (κ2) is 10.9. The molecule has 1 atom stereocenters. The Bertz CT molecular complexity index is 1430. The van der Waals surface area contributed by atoms with Crippen LogP contribution in [0, 0.1) is 0 Å². The molecule has 0 saturated heterocycles. The maximum absolute atomic E-state index is 13.0. The van der Waals surface area contributed by atoms with E-state index in [1.165, 1.54) is 6.08 Å². The molecule has 4 heterocycles. The Labute approximate surface area is 226 Å². The highest BCUT2D eigenvalue weighted by Gasteiger charge is 2.45. The molecule has 3 aromatic heterocycles. The van der Waals surface area contributed by atoms with E-state index in [1.54, 1.807) is 42.8 Å². The van der Waals surface area contributed by atoms with Gasteiger partial charge in [-0.2, -0.15) is 0 Å². The number of H-pyrrole nitrogens is 3. The van der Waals surface area contributed by atoms with Crippen molar-refractivity contribution < 1.29 is 14.4 Å². The van der Waals surface area contributed by atoms with Gasteiger partial charge in [0.05, 0.1) is 11.4 Å². The number of nitrogens with one attached hydrogen (secondary N) is 6. The molecule has 1 aliphatic rings. The number of guanidine groups is 1. The van der Waals surface area contributed by atoms with Gasteiger partial charge < -0.3 is 37.1 Å². The number of imidazole rings is 1. The Kier molecular flexibility index (Phi) is 7.63. The maximum Gasteiger partial charge on any atom is 0.267 e. The molecule has 1 unspecified atom stereocenters. The number of halogens is 2. The largest absolute Gasteiger partial charge is 0.370 e. The fraction of sp³-hybridized carbons (Fsp3) is 0.136. The van der Waals surface area contributed by atoms with Crippen LogP contribution in [0.5, 0.6) is 0 Å². The van der Waals surface area contributed by atoms with Gasteiger partial charge in [0.15, 0.2) is 11.9 Å². The van der Waals surface area contributed by atoms with E-state index in [-0.39, 0.29) is 42.5 Å². The summed E-state index contributed by atoms with van der Waals surface area (Å²) < 4.78 is 1.50. The van der Waals surface area contributed by atoms with Crippen LogP contribution in [0.1, 0.15) is 32.4 Å². The lowest BCUT2D eigenvalue weighted by Crippen LogP contribution is -2.38. The first-order valence-corrected chi connectivity index (χ1v) is 12.4. The molecule has 0 aliphatic carbocycles. The SMILES string of the molecule is NC1=NC(/C=C/CNC(=O)c2cc(Br)c[nH]2)(c2[nH]c(N)nc2/C=C/CNC(=O)c2cc(Br)c[nH]2)C(=O)N1. The third-order valence-corrected chi connectivity index (χ3v) is 6.11. The van der Waals surface area contributed by atoms with E-state index in [2.05, 4.69) is 72.7 Å². The van der Waals surface area contributed by atoms with E-state index in [0.29, 0.717) is 17.1 Å². The van der Waals surface area contributed by atoms with Crippen molar-refractivity contribution >= 4 is 67.6 Å². The summed E-state index contributed by atoms with van der Waals surface area (Å²) in [5.41, 5.74) is 11.5. The lowest BCUT2D eigenvalue weighted by Gasteiger charge is -2.18. The molecular weight excluding hydrogens is 612 g/mol. The summed E-state index contributed by atoms with van der Waals surface area (Å²) in [7, 11) is 0. The Hall–Kier alpha value is -4.11. The molecule has 1 aliphatic heterocycles. The van der Waals surface area contributed by atoms with Crippen molar-refractivity contribution in [1.29, 1.82) is 0 Å². The molecule has 0 saturated carbocycles. The van der Waals surface area contributed by atoms with Crippen LogP contribution in [-0.2, 0) is 10.3 Å². The van der Waals surface area contributed by atoms with Crippen molar-refractivity contribution in [3.05, 3.63) is 74.5 Å². The molecule has 0 aromatic carbocycles. The second-order valence-corrected chi connectivity index (χ2v) is 9.62. The number of nitrogens with zero attached hydrogens (tertiary/aromatic N) is 2. The molecule has 15 heteroatoms. The number of aromatic amines is 3. The number of rotatable bonds is 9. The summed E-state index contributed by atoms with van der Waals surface area (Å²) in [5, 5.41) is 7.94. The molecular formula is C22H22Br2N10O3. The summed E-state index contributed by atoms with van der Waals surface area (Å²) >= 11 is 6.56. The summed E-state index contributed by atoms with van der Waals surface area (Å²) in [5.74, 6) is -1.17. The van der Waals surface area contributed by atoms with Gasteiger partial charge in [0.1, 0.15) is 11.4 Å². The minimum absolute atomic E-state index is 0.0572. The van der Waals surface area contributed by atoms with Gasteiger partial charge in [0.25, 0.3) is 17.7 Å². The average Bonchev–Trinajstić information content (AvgIpc) is 3.62. The molecule has 10 N–H and O–H groups in total. The van der Waals surface area contributed by atoms with Gasteiger partial charge in [-0.05, 0) is 56.1 Å². The van der Waals surface area contributed by atoms with Crippen LogP contribution >= 0.6 is 31.9 Å². The van der Waals surface area contributed by atoms with E-state index in [1.807, 2.05) is 0 Å². The molecule has 3 aromatic rings. The van der Waals surface area contributed by atoms with E-state index in [4.69, 9.17) is 11.5 Å². The minimum Gasteiger partial charge on any atom is -0.370 e. The fourth-order valence-corrected chi connectivity index (χ4v) is 4.24. The predicted molar refractivity (Wildman–Crippen MR) is 144 cm³/mol. The van der Waals surface area contributed by atoms with Crippen molar-refractivity contribution in [3.63, 3.8) is 0 Å². The quantitative estimate of drug-likeness (QED) is 0.162. The first-order chi connectivity index (χ1) is 17.7. The van der Waals surface area contributed by atoms with Gasteiger partial charge in [0.2, 0.25) is 5.54 Å². The van der Waals surface area contributed by atoms with Gasteiger partial charge in [0, 0.05) is 34.4 Å². The number of anilines is 1. The summed E-state index contributed by atoms with van der Waals surface area (Å²) in [4.78, 5) is 54.5. The topological polar surface area (TPSA) is 212 Å². The van der Waals surface area contributed by atoms with E-state index >= 15 is 0 Å². The van der Waals surface area contributed by atoms with Gasteiger partial charge in [-0.25, -0.2) is 9.98 Å². The van der Waals surface area contributed by atoms with E-state index < -0.39 is 11.4 Å². The van der Waals surface area contributed by atoms with E-state index in [9.17, 15) is 14.4 Å². The molecule has 192 valence electrons. The molecule has 0 radical (unpaired) electrons. The molecule has 13 nitrogen and oxygen atoms in total. The summed E-state index contributed by atoms with van der Waals surface area (Å²) in [6.07, 6.45) is 9.63. The number of aromatic nitrogens is 4. The van der Waals surface area contributed by atoms with Crippen LogP contribution in [0.2, 0.25) is 0 Å². The minimum atomic E-state index is -1.59. The van der Waals surface area contributed by atoms with Crippen molar-refractivity contribution in [1.82, 2.24) is 35.9 Å². The van der Waals surface area contributed by atoms with Crippen LogP contribution in [0.15, 0.2) is 56.7 Å². The Morgan fingerprint density at radius 1 is 1.00 bits per heavy atom. The third-order valence-electron chi connectivity index (χ3n) is 5.20. The van der Waals surface area contributed by atoms with Crippen molar-refractivity contribution in [2.45, 2.75) is 5.54 Å². The van der Waals surface area contributed by atoms with Crippen LogP contribution in [0.4, 0.5) is 5.95 Å². The maximum atomic E-state index is 13.0. The summed E-state index contributed by atoms with van der Waals surface area (Å²) in [6.45, 7) is 0.290. The smallest absolute Gasteiger partial charge is 0.267 e. The van der Waals surface area contributed by atoms with Crippen molar-refractivity contribution in [2.75, 3.05) is 18.8 Å². The zero-order chi connectivity index (χ0) is 26.6. The second-order valence-electron chi connectivity index (χ2n) is 7.79. The number of carbonyl (C=O) groups excluding carboxylic acids is 3. The summed E-state index contributed by atoms with van der Waals surface area (Å²) in [6, 6.07) is 3.30. The molecule has 37 heavy (non-hydrogen) atoms. The fourth-order valence-electron chi connectivity index (χ4n) is 3.55. The van der Waals surface area contributed by atoms with Crippen LogP contribution in [0.3, 0.4) is 0 Å². The van der Waals surface area contributed by atoms with Crippen LogP contribution < -0.4 is 27.4 Å². The molecule has 0 bridgehead atoms. The van der Waals surface area contributed by atoms with Gasteiger partial charge in [-0.3, -0.25) is 19.7 Å². The third kappa shape index (κ3) is 5.83. The van der Waals surface area contributed by atoms with E-state index in [0.717, 1.165) is 8.95 Å². The lowest BCUT2D eigenvalue weighted by molar-refractivity contribution is -0.122. The normalized spacial score (nSPS) is 17.4. The van der Waals surface area contributed by atoms with Crippen LogP contribution in [0.25, 0.3) is 6.08 Å². The van der Waals surface area contributed by atoms with Gasteiger partial charge >= 0.3 is 0 Å². The highest BCUT2D eigenvalue weighted by molar-refractivity contribution is 9.10. The Morgan fingerprint density at radius 3 is 2.11 bits per heavy atom. The number of nitrogen functional groups attached to an aromatic ring is 1. The molecule has 3 amide bonds. The zero-order valence-corrected chi connectivity index (χ0v) is 22.2. The van der Waals surface area contributed by atoms with Crippen molar-refractivity contribution in [3.8, 4) is 0 Å². The monoisotopic (exact) mass is 632 g/mol. The standard InChI is InChI=1S/C22H22Br2N10O3/c23-11-7-14(29-9-11)17(35)27-5-1-3-13-16(32-20(25)31-13)22(19(37)33-21(26)34-22)4-2-6-28-18(36)15-8-12(24)10-30-15/h1-4,7-10,29-30H,5-6H2,(H,27,35)(H,28,36)(H3,25,31,32)(H3,26,33,34,37)/b3-1+,4-2+. The Balaban J connectivity index is 1.49. The predicted octanol–water partition coefficient (Wildman–Crippen LogP) is 1.24. The van der Waals surface area contributed by atoms with Gasteiger partial charge in [-0.15, -0.1) is 0 Å². The van der Waals surface area contributed by atoms with Crippen LogP contribution in [-0.4, -0.2) is 56.7 Å². The average molecular weight is 634 g/mol. The number of carbonyl (C=O) groups is 3. The number of amides is 3. The highest BCUT2D eigenvalue weighted by Crippen LogP contribution is 2.33. The first kappa shape index (κ1) is 26.0. The van der Waals surface area contributed by atoms with Crippen molar-refractivity contribution in [2.24, 2.45) is 10.7 Å². The lowest BCUT2D eigenvalue weighted by atomic mass is 9.93. The number of hydrogen-bond acceptors (Lipinski definition) is 7. The van der Waals surface area contributed by atoms with Gasteiger partial charge in [-0.1, -0.05) is 12.2 Å². The number of aliphatic imine (C=N–C) groups is 1.